The summed E-state index contributed by atoms with van der Waals surface area (Å²) in [6, 6.07) is 9.00. The Morgan fingerprint density at radius 2 is 1.82 bits per heavy atom. The lowest BCUT2D eigenvalue weighted by molar-refractivity contribution is -0.137. The zero-order valence-electron chi connectivity index (χ0n) is 16.0. The van der Waals surface area contributed by atoms with Crippen LogP contribution in [0.1, 0.15) is 44.9 Å². The molecule has 8 heteroatoms. The molecule has 1 aliphatic carbocycles. The zero-order chi connectivity index (χ0) is 19.6. The Morgan fingerprint density at radius 1 is 1.07 bits per heavy atom. The summed E-state index contributed by atoms with van der Waals surface area (Å²) in [4.78, 5) is 12.0. The van der Waals surface area contributed by atoms with Crippen molar-refractivity contribution in [3.63, 3.8) is 0 Å². The number of sulfonamides is 1. The van der Waals surface area contributed by atoms with Gasteiger partial charge in [0.2, 0.25) is 10.0 Å². The maximum absolute atomic E-state index is 12.9. The van der Waals surface area contributed by atoms with Crippen molar-refractivity contribution in [2.45, 2.75) is 68.4 Å². The Morgan fingerprint density at radius 3 is 2.54 bits per heavy atom. The van der Waals surface area contributed by atoms with Crippen LogP contribution in [0.3, 0.4) is 0 Å². The SMILES string of the molecule is O=C(NC[C@@H]1CC[C@@H]2[C@@H](CN2S(=O)(=O)C2CCCCC2)O1)Nc1ccccc1. The standard InChI is InChI=1S/C20H29N3O4S/c24-20(22-15-7-3-1-4-8-15)21-13-16-11-12-18-19(27-16)14-23(18)28(25,26)17-9-5-2-6-10-17/h1,3-4,7-8,16-19H,2,5-6,9-14H2,(H2,21,22,24)/t16-,18+,19+/m0/s1. The monoisotopic (exact) mass is 407 g/mol. The van der Waals surface area contributed by atoms with Gasteiger partial charge in [0.15, 0.2) is 0 Å². The minimum Gasteiger partial charge on any atom is -0.370 e. The maximum Gasteiger partial charge on any atom is 0.319 e. The Bertz CT molecular complexity index is 780. The molecule has 1 aromatic carbocycles. The average molecular weight is 408 g/mol. The van der Waals surface area contributed by atoms with Crippen molar-refractivity contribution in [3.05, 3.63) is 30.3 Å². The molecule has 2 amide bonds. The van der Waals surface area contributed by atoms with Gasteiger partial charge in [-0.15, -0.1) is 0 Å². The van der Waals surface area contributed by atoms with Gasteiger partial charge in [-0.05, 0) is 37.8 Å². The second-order valence-corrected chi connectivity index (χ2v) is 10.2. The topological polar surface area (TPSA) is 87.7 Å². The van der Waals surface area contributed by atoms with Crippen LogP contribution in [-0.2, 0) is 14.8 Å². The van der Waals surface area contributed by atoms with Gasteiger partial charge in [-0.3, -0.25) is 0 Å². The van der Waals surface area contributed by atoms with E-state index in [9.17, 15) is 13.2 Å². The van der Waals surface area contributed by atoms with Crippen LogP contribution in [0.25, 0.3) is 0 Å². The summed E-state index contributed by atoms with van der Waals surface area (Å²) in [6.07, 6.45) is 6.20. The Hall–Kier alpha value is -1.64. The normalized spacial score (nSPS) is 28.8. The maximum atomic E-state index is 12.9. The molecule has 3 aliphatic rings. The van der Waals surface area contributed by atoms with E-state index in [0.717, 1.165) is 50.6 Å². The van der Waals surface area contributed by atoms with E-state index in [1.807, 2.05) is 30.3 Å². The zero-order valence-corrected chi connectivity index (χ0v) is 16.9. The molecule has 2 aliphatic heterocycles. The molecule has 0 spiro atoms. The molecule has 3 fully saturated rings. The van der Waals surface area contributed by atoms with E-state index in [-0.39, 0.29) is 29.5 Å². The number of hydrogen-bond acceptors (Lipinski definition) is 4. The number of hydrogen-bond donors (Lipinski definition) is 2. The molecule has 1 aromatic rings. The highest BCUT2D eigenvalue weighted by Crippen LogP contribution is 2.37. The number of rotatable bonds is 5. The summed E-state index contributed by atoms with van der Waals surface area (Å²) in [5, 5.41) is 5.43. The lowest BCUT2D eigenvalue weighted by Crippen LogP contribution is -2.67. The van der Waals surface area contributed by atoms with Crippen molar-refractivity contribution in [2.24, 2.45) is 0 Å². The van der Waals surface area contributed by atoms with E-state index in [0.29, 0.717) is 13.1 Å². The second kappa shape index (κ2) is 8.39. The molecular weight excluding hydrogens is 378 g/mol. The number of amides is 2. The van der Waals surface area contributed by atoms with E-state index in [1.165, 1.54) is 0 Å². The fourth-order valence-corrected chi connectivity index (χ4v) is 6.80. The number of urea groups is 1. The van der Waals surface area contributed by atoms with Crippen molar-refractivity contribution >= 4 is 21.7 Å². The number of carbonyl (C=O) groups excluding carboxylic acids is 1. The van der Waals surface area contributed by atoms with Gasteiger partial charge >= 0.3 is 6.03 Å². The van der Waals surface area contributed by atoms with Gasteiger partial charge in [0, 0.05) is 18.8 Å². The van der Waals surface area contributed by atoms with Gasteiger partial charge in [0.1, 0.15) is 0 Å². The summed E-state index contributed by atoms with van der Waals surface area (Å²) in [6.45, 7) is 0.882. The van der Waals surface area contributed by atoms with Crippen molar-refractivity contribution in [1.29, 1.82) is 0 Å². The molecule has 2 heterocycles. The fraction of sp³-hybridized carbons (Fsp3) is 0.650. The van der Waals surface area contributed by atoms with Gasteiger partial charge in [0.25, 0.3) is 0 Å². The minimum atomic E-state index is -3.20. The van der Waals surface area contributed by atoms with Gasteiger partial charge in [-0.2, -0.15) is 4.31 Å². The number of carbonyl (C=O) groups is 1. The highest BCUT2D eigenvalue weighted by Gasteiger charge is 2.51. The molecule has 1 saturated carbocycles. The Balaban J connectivity index is 1.23. The first kappa shape index (κ1) is 19.7. The predicted molar refractivity (Wildman–Crippen MR) is 108 cm³/mol. The summed E-state index contributed by atoms with van der Waals surface area (Å²) in [5.41, 5.74) is 0.743. The molecule has 0 bridgehead atoms. The summed E-state index contributed by atoms with van der Waals surface area (Å²) >= 11 is 0. The third-order valence-electron chi connectivity index (χ3n) is 6.13. The molecule has 3 atom stereocenters. The number of nitrogens with zero attached hydrogens (tertiary/aromatic N) is 1. The number of benzene rings is 1. The molecule has 154 valence electrons. The average Bonchev–Trinajstić information content (AvgIpc) is 2.69. The van der Waals surface area contributed by atoms with E-state index in [2.05, 4.69) is 10.6 Å². The molecule has 4 rings (SSSR count). The molecule has 7 nitrogen and oxygen atoms in total. The largest absolute Gasteiger partial charge is 0.370 e. The fourth-order valence-electron chi connectivity index (χ4n) is 4.52. The van der Waals surface area contributed by atoms with E-state index < -0.39 is 10.0 Å². The van der Waals surface area contributed by atoms with Crippen LogP contribution in [0, 0.1) is 0 Å². The van der Waals surface area contributed by atoms with Crippen molar-refractivity contribution in [1.82, 2.24) is 9.62 Å². The predicted octanol–water partition coefficient (Wildman–Crippen LogP) is 2.70. The molecule has 28 heavy (non-hydrogen) atoms. The molecular formula is C20H29N3O4S. The number of nitrogens with one attached hydrogen (secondary N) is 2. The molecule has 2 N–H and O–H groups in total. The van der Waals surface area contributed by atoms with Crippen molar-refractivity contribution in [2.75, 3.05) is 18.4 Å². The smallest absolute Gasteiger partial charge is 0.319 e. The third-order valence-corrected chi connectivity index (χ3v) is 8.52. The van der Waals surface area contributed by atoms with Gasteiger partial charge in [-0.25, -0.2) is 13.2 Å². The third kappa shape index (κ3) is 4.18. The Kier molecular flexibility index (Phi) is 5.89. The Labute approximate surface area is 166 Å². The summed E-state index contributed by atoms with van der Waals surface area (Å²) in [5.74, 6) is 0. The minimum absolute atomic E-state index is 0.0266. The van der Waals surface area contributed by atoms with Gasteiger partial charge in [0.05, 0.1) is 23.5 Å². The van der Waals surface area contributed by atoms with Crippen molar-refractivity contribution in [3.8, 4) is 0 Å². The van der Waals surface area contributed by atoms with Crippen LogP contribution in [0.2, 0.25) is 0 Å². The van der Waals surface area contributed by atoms with E-state index in [4.69, 9.17) is 4.74 Å². The second-order valence-electron chi connectivity index (χ2n) is 8.02. The van der Waals surface area contributed by atoms with Crippen LogP contribution in [0.4, 0.5) is 10.5 Å². The van der Waals surface area contributed by atoms with Gasteiger partial charge in [-0.1, -0.05) is 37.5 Å². The van der Waals surface area contributed by atoms with Gasteiger partial charge < -0.3 is 15.4 Å². The highest BCUT2D eigenvalue weighted by atomic mass is 32.2. The van der Waals surface area contributed by atoms with Crippen LogP contribution in [0.15, 0.2) is 30.3 Å². The highest BCUT2D eigenvalue weighted by molar-refractivity contribution is 7.89. The van der Waals surface area contributed by atoms with Crippen LogP contribution in [-0.4, -0.2) is 55.3 Å². The molecule has 0 aromatic heterocycles. The number of ether oxygens (including phenoxy) is 1. The van der Waals surface area contributed by atoms with Crippen LogP contribution >= 0.6 is 0 Å². The lowest BCUT2D eigenvalue weighted by atomic mass is 9.92. The first-order chi connectivity index (χ1) is 13.5. The van der Waals surface area contributed by atoms with Crippen LogP contribution < -0.4 is 10.6 Å². The van der Waals surface area contributed by atoms with E-state index in [1.54, 1.807) is 4.31 Å². The number of anilines is 1. The summed E-state index contributed by atoms with van der Waals surface area (Å²) in [7, 11) is -3.20. The first-order valence-electron chi connectivity index (χ1n) is 10.3. The molecule has 2 saturated heterocycles. The number of fused-ring (bicyclic) bond motifs is 1. The quantitative estimate of drug-likeness (QED) is 0.786. The van der Waals surface area contributed by atoms with Crippen molar-refractivity contribution < 1.29 is 17.9 Å². The molecule has 0 unspecified atom stereocenters. The van der Waals surface area contributed by atoms with Crippen LogP contribution in [0.5, 0.6) is 0 Å². The summed E-state index contributed by atoms with van der Waals surface area (Å²) < 4.78 is 33.5. The first-order valence-corrected chi connectivity index (χ1v) is 11.8. The van der Waals surface area contributed by atoms with E-state index >= 15 is 0 Å². The molecule has 0 radical (unpaired) electrons. The lowest BCUT2D eigenvalue weighted by Gasteiger charge is -2.52. The number of para-hydroxylation sites is 1.